The molecule has 22 heavy (non-hydrogen) atoms. The van der Waals surface area contributed by atoms with E-state index in [1.807, 2.05) is 31.3 Å². The van der Waals surface area contributed by atoms with Gasteiger partial charge < -0.3 is 20.2 Å². The summed E-state index contributed by atoms with van der Waals surface area (Å²) >= 11 is 0. The van der Waals surface area contributed by atoms with Crippen LogP contribution in [0.25, 0.3) is 6.08 Å². The molecule has 5 heteroatoms. The van der Waals surface area contributed by atoms with E-state index in [0.29, 0.717) is 0 Å². The van der Waals surface area contributed by atoms with Crippen LogP contribution in [0.15, 0.2) is 42.5 Å². The molecule has 2 heterocycles. The molecule has 3 aliphatic rings. The van der Waals surface area contributed by atoms with Crippen LogP contribution < -0.4 is 20.2 Å². The van der Waals surface area contributed by atoms with Gasteiger partial charge in [0.1, 0.15) is 11.4 Å². The number of hydrogen-bond acceptors (Lipinski definition) is 5. The van der Waals surface area contributed by atoms with Crippen molar-refractivity contribution >= 4 is 11.8 Å². The number of nitrogens with two attached hydrogens (primary N) is 1. The molecule has 0 saturated heterocycles. The third-order valence-electron chi connectivity index (χ3n) is 4.36. The maximum atomic E-state index is 6.64. The maximum absolute atomic E-state index is 6.64. The Morgan fingerprint density at radius 2 is 2.09 bits per heavy atom. The van der Waals surface area contributed by atoms with E-state index in [2.05, 4.69) is 34.3 Å². The van der Waals surface area contributed by atoms with E-state index >= 15 is 0 Å². The van der Waals surface area contributed by atoms with E-state index in [1.165, 1.54) is 0 Å². The molecule has 1 unspecified atom stereocenters. The van der Waals surface area contributed by atoms with Crippen molar-refractivity contribution < 1.29 is 9.47 Å². The summed E-state index contributed by atoms with van der Waals surface area (Å²) in [5.74, 6) is 1.57. The van der Waals surface area contributed by atoms with Crippen molar-refractivity contribution in [1.82, 2.24) is 5.01 Å². The minimum absolute atomic E-state index is 0.264. The quantitative estimate of drug-likeness (QED) is 0.862. The number of hydrazine groups is 1. The van der Waals surface area contributed by atoms with Crippen molar-refractivity contribution in [3.8, 4) is 11.5 Å². The largest absolute Gasteiger partial charge is 0.454 e. The summed E-state index contributed by atoms with van der Waals surface area (Å²) in [4.78, 5) is 0. The Morgan fingerprint density at radius 1 is 1.18 bits per heavy atom. The lowest BCUT2D eigenvalue weighted by molar-refractivity contribution is 0.142. The molecule has 0 saturated carbocycles. The molecule has 1 aliphatic carbocycles. The standard InChI is InChI=1S/C17H19N3O2/c1-19-15-13(7-8-14-16(15)22-12-21-14)6-5-11-20(19)17(18)9-3-2-4-10-17/h2-9H,10-12,18H2,1H3. The van der Waals surface area contributed by atoms with Crippen LogP contribution in [0.5, 0.6) is 11.5 Å². The fraction of sp³-hybridized carbons (Fsp3) is 0.294. The van der Waals surface area contributed by atoms with Crippen molar-refractivity contribution in [2.75, 3.05) is 25.4 Å². The normalized spacial score (nSPS) is 26.2. The fourth-order valence-corrected chi connectivity index (χ4v) is 3.23. The summed E-state index contributed by atoms with van der Waals surface area (Å²) in [6.07, 6.45) is 13.2. The van der Waals surface area contributed by atoms with Gasteiger partial charge >= 0.3 is 0 Å². The molecule has 1 aromatic carbocycles. The maximum Gasteiger partial charge on any atom is 0.231 e. The third kappa shape index (κ3) is 1.94. The highest BCUT2D eigenvalue weighted by atomic mass is 16.7. The lowest BCUT2D eigenvalue weighted by atomic mass is 10.0. The Kier molecular flexibility index (Phi) is 2.99. The van der Waals surface area contributed by atoms with Crippen molar-refractivity contribution in [3.05, 3.63) is 48.1 Å². The van der Waals surface area contributed by atoms with Gasteiger partial charge in [-0.2, -0.15) is 5.01 Å². The zero-order valence-electron chi connectivity index (χ0n) is 12.5. The number of benzene rings is 1. The van der Waals surface area contributed by atoms with E-state index in [4.69, 9.17) is 15.2 Å². The van der Waals surface area contributed by atoms with E-state index in [-0.39, 0.29) is 6.79 Å². The van der Waals surface area contributed by atoms with E-state index < -0.39 is 5.66 Å². The average Bonchev–Trinajstić information content (AvgIpc) is 2.92. The number of ether oxygens (including phenoxy) is 2. The van der Waals surface area contributed by atoms with E-state index in [0.717, 1.165) is 35.7 Å². The van der Waals surface area contributed by atoms with Gasteiger partial charge in [0.15, 0.2) is 11.5 Å². The number of nitrogens with zero attached hydrogens (tertiary/aromatic N) is 2. The van der Waals surface area contributed by atoms with Gasteiger partial charge in [0, 0.05) is 25.6 Å². The van der Waals surface area contributed by atoms with Crippen molar-refractivity contribution in [2.45, 2.75) is 12.1 Å². The number of fused-ring (bicyclic) bond motifs is 3. The second-order valence-corrected chi connectivity index (χ2v) is 5.73. The Hall–Kier alpha value is -2.24. The first kappa shape index (κ1) is 13.4. The number of allylic oxidation sites excluding steroid dienone is 2. The molecule has 0 aromatic heterocycles. The Labute approximate surface area is 129 Å². The van der Waals surface area contributed by atoms with Gasteiger partial charge in [-0.05, 0) is 18.2 Å². The predicted octanol–water partition coefficient (Wildman–Crippen LogP) is 2.27. The average molecular weight is 297 g/mol. The summed E-state index contributed by atoms with van der Waals surface area (Å²) in [5, 5.41) is 4.24. The fourth-order valence-electron chi connectivity index (χ4n) is 3.23. The zero-order valence-corrected chi connectivity index (χ0v) is 12.5. The van der Waals surface area contributed by atoms with Crippen molar-refractivity contribution in [2.24, 2.45) is 5.73 Å². The summed E-state index contributed by atoms with van der Waals surface area (Å²) in [6.45, 7) is 0.995. The zero-order chi connectivity index (χ0) is 15.2. The molecule has 1 atom stereocenters. The minimum Gasteiger partial charge on any atom is -0.454 e. The summed E-state index contributed by atoms with van der Waals surface area (Å²) in [5.41, 5.74) is 8.19. The molecule has 114 valence electrons. The molecule has 2 aliphatic heterocycles. The van der Waals surface area contributed by atoms with Gasteiger partial charge in [0.2, 0.25) is 6.79 Å². The van der Waals surface area contributed by atoms with Gasteiger partial charge in [0.25, 0.3) is 0 Å². The summed E-state index contributed by atoms with van der Waals surface area (Å²) in [7, 11) is 2.02. The molecule has 2 N–H and O–H groups in total. The van der Waals surface area contributed by atoms with Crippen LogP contribution in [0.2, 0.25) is 0 Å². The lowest BCUT2D eigenvalue weighted by Crippen LogP contribution is -2.61. The molecule has 4 rings (SSSR count). The molecular weight excluding hydrogens is 278 g/mol. The van der Waals surface area contributed by atoms with Crippen LogP contribution in [-0.4, -0.2) is 31.1 Å². The topological polar surface area (TPSA) is 51.0 Å². The highest BCUT2D eigenvalue weighted by Gasteiger charge is 2.36. The van der Waals surface area contributed by atoms with Crippen LogP contribution in [0.3, 0.4) is 0 Å². The number of rotatable bonds is 1. The van der Waals surface area contributed by atoms with Crippen LogP contribution in [0.4, 0.5) is 5.69 Å². The Morgan fingerprint density at radius 3 is 2.91 bits per heavy atom. The molecule has 0 amide bonds. The van der Waals surface area contributed by atoms with Gasteiger partial charge in [0.05, 0.1) is 0 Å². The third-order valence-corrected chi connectivity index (χ3v) is 4.36. The molecule has 5 nitrogen and oxygen atoms in total. The first-order valence-electron chi connectivity index (χ1n) is 7.43. The van der Waals surface area contributed by atoms with Crippen LogP contribution >= 0.6 is 0 Å². The van der Waals surface area contributed by atoms with Crippen LogP contribution in [0, 0.1) is 0 Å². The van der Waals surface area contributed by atoms with Crippen molar-refractivity contribution in [1.29, 1.82) is 0 Å². The Balaban J connectivity index is 1.80. The molecule has 0 spiro atoms. The number of hydrogen-bond donors (Lipinski definition) is 1. The van der Waals surface area contributed by atoms with E-state index in [1.54, 1.807) is 0 Å². The molecular formula is C17H19N3O2. The number of anilines is 1. The van der Waals surface area contributed by atoms with Crippen molar-refractivity contribution in [3.63, 3.8) is 0 Å². The van der Waals surface area contributed by atoms with Crippen LogP contribution in [0.1, 0.15) is 12.0 Å². The van der Waals surface area contributed by atoms with Crippen LogP contribution in [-0.2, 0) is 0 Å². The van der Waals surface area contributed by atoms with Gasteiger partial charge in [-0.1, -0.05) is 30.4 Å². The highest BCUT2D eigenvalue weighted by molar-refractivity contribution is 5.78. The monoisotopic (exact) mass is 297 g/mol. The summed E-state index contributed by atoms with van der Waals surface area (Å²) < 4.78 is 11.2. The summed E-state index contributed by atoms with van der Waals surface area (Å²) in [6, 6.07) is 4.01. The van der Waals surface area contributed by atoms with Gasteiger partial charge in [-0.15, -0.1) is 0 Å². The molecule has 0 fully saturated rings. The molecule has 0 radical (unpaired) electrons. The smallest absolute Gasteiger partial charge is 0.231 e. The highest BCUT2D eigenvalue weighted by Crippen LogP contribution is 2.45. The molecule has 0 bridgehead atoms. The SMILES string of the molecule is CN1c2c(ccc3c2OCO3)C=CCN1C1(N)C=CC=CC1. The van der Waals surface area contributed by atoms with Gasteiger partial charge in [-0.3, -0.25) is 0 Å². The molecule has 1 aromatic rings. The first-order valence-corrected chi connectivity index (χ1v) is 7.43. The lowest BCUT2D eigenvalue weighted by Gasteiger charge is -2.44. The first-order chi connectivity index (χ1) is 10.7. The Bertz CT molecular complexity index is 695. The second-order valence-electron chi connectivity index (χ2n) is 5.73. The minimum atomic E-state index is -0.544. The predicted molar refractivity (Wildman–Crippen MR) is 86.5 cm³/mol. The van der Waals surface area contributed by atoms with E-state index in [9.17, 15) is 0 Å². The van der Waals surface area contributed by atoms with Gasteiger partial charge in [-0.25, -0.2) is 0 Å². The second kappa shape index (κ2) is 4.90.